The lowest BCUT2D eigenvalue weighted by Gasteiger charge is -2.19. The quantitative estimate of drug-likeness (QED) is 0.552. The van der Waals surface area contributed by atoms with Crippen molar-refractivity contribution in [1.29, 1.82) is 0 Å². The Hall–Kier alpha value is -2.99. The van der Waals surface area contributed by atoms with E-state index in [9.17, 15) is 25.4 Å². The number of fused-ring (bicyclic) bond motifs is 1. The highest BCUT2D eigenvalue weighted by atomic mass is 35.5. The molecule has 0 amide bonds. The van der Waals surface area contributed by atoms with Gasteiger partial charge in [0.2, 0.25) is 0 Å². The number of nitro benzene ring substituents is 1. The monoisotopic (exact) mass is 330 g/mol. The van der Waals surface area contributed by atoms with E-state index in [-0.39, 0.29) is 38.5 Å². The van der Waals surface area contributed by atoms with E-state index < -0.39 is 10.7 Å². The molecule has 0 aliphatic heterocycles. The first kappa shape index (κ1) is 14.9. The van der Waals surface area contributed by atoms with Gasteiger partial charge in [-0.3, -0.25) is 10.1 Å². The summed E-state index contributed by atoms with van der Waals surface area (Å²) in [5.41, 5.74) is 0.233. The minimum atomic E-state index is -0.559. The van der Waals surface area contributed by atoms with Gasteiger partial charge < -0.3 is 15.3 Å². The Labute approximate surface area is 135 Å². The summed E-state index contributed by atoms with van der Waals surface area (Å²) < 4.78 is 0. The molecule has 0 saturated carbocycles. The van der Waals surface area contributed by atoms with E-state index in [2.05, 4.69) is 0 Å². The summed E-state index contributed by atoms with van der Waals surface area (Å²) in [6.07, 6.45) is 0. The van der Waals surface area contributed by atoms with Crippen molar-refractivity contribution < 1.29 is 20.2 Å². The number of hydrogen-bond acceptors (Lipinski definition) is 5. The summed E-state index contributed by atoms with van der Waals surface area (Å²) in [4.78, 5) is 10.1. The summed E-state index contributed by atoms with van der Waals surface area (Å²) in [6, 6.07) is 9.50. The van der Waals surface area contributed by atoms with Crippen LogP contribution in [0.25, 0.3) is 21.9 Å². The van der Waals surface area contributed by atoms with Crippen LogP contribution >= 0.6 is 11.6 Å². The second kappa shape index (κ2) is 5.33. The molecule has 3 aromatic carbocycles. The third-order valence-electron chi connectivity index (χ3n) is 3.55. The Morgan fingerprint density at radius 1 is 1.04 bits per heavy atom. The van der Waals surface area contributed by atoms with Gasteiger partial charge in [0.15, 0.2) is 0 Å². The summed E-state index contributed by atoms with van der Waals surface area (Å²) in [5.74, 6) is -1.14. The SMILES string of the molecule is O=[N+]([O-])c1ccc(-c2c(Cl)c([O-])c3cccc(O)c3c2O)cc1. The highest BCUT2D eigenvalue weighted by Crippen LogP contribution is 2.49. The van der Waals surface area contributed by atoms with Crippen molar-refractivity contribution in [3.8, 4) is 28.4 Å². The second-order valence-electron chi connectivity index (χ2n) is 4.87. The molecule has 0 aliphatic rings. The first-order valence-electron chi connectivity index (χ1n) is 6.49. The first-order chi connectivity index (χ1) is 10.9. The molecule has 0 atom stereocenters. The molecule has 0 radical (unpaired) electrons. The molecule has 7 heteroatoms. The Bertz CT molecular complexity index is 938. The Morgan fingerprint density at radius 3 is 2.30 bits per heavy atom. The first-order valence-corrected chi connectivity index (χ1v) is 6.87. The number of phenols is 2. The highest BCUT2D eigenvalue weighted by Gasteiger charge is 2.18. The van der Waals surface area contributed by atoms with Gasteiger partial charge in [-0.25, -0.2) is 0 Å². The van der Waals surface area contributed by atoms with Crippen LogP contribution in [0.15, 0.2) is 42.5 Å². The van der Waals surface area contributed by atoms with Crippen LogP contribution in [0.1, 0.15) is 0 Å². The zero-order valence-electron chi connectivity index (χ0n) is 11.5. The third kappa shape index (κ3) is 2.29. The fraction of sp³-hybridized carbons (Fsp3) is 0. The van der Waals surface area contributed by atoms with Gasteiger partial charge in [0, 0.05) is 22.7 Å². The van der Waals surface area contributed by atoms with Crippen LogP contribution in [0.3, 0.4) is 0 Å². The minimum absolute atomic E-state index is 0.00440. The molecule has 0 spiro atoms. The van der Waals surface area contributed by atoms with Crippen LogP contribution in [0.5, 0.6) is 17.2 Å². The average Bonchev–Trinajstić information content (AvgIpc) is 2.53. The molecule has 0 aromatic heterocycles. The third-order valence-corrected chi connectivity index (χ3v) is 3.91. The predicted octanol–water partition coefficient (Wildman–Crippen LogP) is 3.55. The van der Waals surface area contributed by atoms with Gasteiger partial charge in [-0.05, 0) is 29.1 Å². The zero-order valence-corrected chi connectivity index (χ0v) is 12.2. The molecule has 3 aromatic rings. The van der Waals surface area contributed by atoms with E-state index in [0.29, 0.717) is 5.56 Å². The molecule has 0 unspecified atom stereocenters. The van der Waals surface area contributed by atoms with Crippen LogP contribution < -0.4 is 5.11 Å². The van der Waals surface area contributed by atoms with Crippen LogP contribution in [-0.4, -0.2) is 15.1 Å². The average molecular weight is 331 g/mol. The van der Waals surface area contributed by atoms with Gasteiger partial charge in [0.05, 0.1) is 10.3 Å². The maximum absolute atomic E-state index is 12.3. The van der Waals surface area contributed by atoms with Gasteiger partial charge in [0.1, 0.15) is 11.5 Å². The topological polar surface area (TPSA) is 107 Å². The molecule has 116 valence electrons. The van der Waals surface area contributed by atoms with Crippen molar-refractivity contribution in [3.63, 3.8) is 0 Å². The van der Waals surface area contributed by atoms with Crippen LogP contribution in [0.2, 0.25) is 5.02 Å². The molecule has 0 saturated heterocycles. The van der Waals surface area contributed by atoms with Gasteiger partial charge in [0.25, 0.3) is 5.69 Å². The number of non-ortho nitro benzene ring substituents is 1. The number of aromatic hydroxyl groups is 2. The van der Waals surface area contributed by atoms with E-state index in [0.717, 1.165) is 0 Å². The van der Waals surface area contributed by atoms with Gasteiger partial charge >= 0.3 is 0 Å². The summed E-state index contributed by atoms with van der Waals surface area (Å²) in [6.45, 7) is 0. The lowest BCUT2D eigenvalue weighted by atomic mass is 9.98. The maximum atomic E-state index is 12.3. The summed E-state index contributed by atoms with van der Waals surface area (Å²) in [5, 5.41) is 43.3. The Morgan fingerprint density at radius 2 is 1.70 bits per heavy atom. The number of nitro groups is 1. The van der Waals surface area contributed by atoms with Crippen molar-refractivity contribution in [3.05, 3.63) is 57.6 Å². The van der Waals surface area contributed by atoms with E-state index in [1.807, 2.05) is 0 Å². The molecule has 2 N–H and O–H groups in total. The van der Waals surface area contributed by atoms with E-state index in [1.165, 1.54) is 42.5 Å². The Balaban J connectivity index is 2.33. The van der Waals surface area contributed by atoms with Gasteiger partial charge in [-0.1, -0.05) is 29.5 Å². The fourth-order valence-electron chi connectivity index (χ4n) is 2.45. The molecular weight excluding hydrogens is 322 g/mol. The second-order valence-corrected chi connectivity index (χ2v) is 5.25. The fourth-order valence-corrected chi connectivity index (χ4v) is 2.75. The zero-order chi connectivity index (χ0) is 16.7. The number of phenolic OH excluding ortho intramolecular Hbond substituents is 2. The van der Waals surface area contributed by atoms with Gasteiger partial charge in [-0.2, -0.15) is 0 Å². The van der Waals surface area contributed by atoms with Crippen LogP contribution in [-0.2, 0) is 0 Å². The van der Waals surface area contributed by atoms with Crippen molar-refractivity contribution >= 4 is 28.1 Å². The van der Waals surface area contributed by atoms with Crippen LogP contribution in [0.4, 0.5) is 5.69 Å². The summed E-state index contributed by atoms with van der Waals surface area (Å²) in [7, 11) is 0. The smallest absolute Gasteiger partial charge is 0.269 e. The van der Waals surface area contributed by atoms with Crippen molar-refractivity contribution in [2.45, 2.75) is 0 Å². The number of nitrogens with zero attached hydrogens (tertiary/aromatic N) is 1. The lowest BCUT2D eigenvalue weighted by Crippen LogP contribution is -1.96. The Kier molecular flexibility index (Phi) is 3.46. The summed E-state index contributed by atoms with van der Waals surface area (Å²) >= 11 is 6.08. The van der Waals surface area contributed by atoms with Gasteiger partial charge in [-0.15, -0.1) is 0 Å². The van der Waals surface area contributed by atoms with E-state index in [4.69, 9.17) is 11.6 Å². The predicted molar refractivity (Wildman–Crippen MR) is 83.8 cm³/mol. The van der Waals surface area contributed by atoms with Crippen LogP contribution in [0, 0.1) is 10.1 Å². The normalized spacial score (nSPS) is 10.8. The molecule has 6 nitrogen and oxygen atoms in total. The molecular formula is C16H9ClNO5-. The maximum Gasteiger partial charge on any atom is 0.269 e. The minimum Gasteiger partial charge on any atom is -0.871 e. The number of benzene rings is 3. The van der Waals surface area contributed by atoms with Crippen molar-refractivity contribution in [2.75, 3.05) is 0 Å². The number of rotatable bonds is 2. The molecule has 23 heavy (non-hydrogen) atoms. The lowest BCUT2D eigenvalue weighted by molar-refractivity contribution is -0.384. The largest absolute Gasteiger partial charge is 0.871 e. The molecule has 0 aliphatic carbocycles. The highest BCUT2D eigenvalue weighted by molar-refractivity contribution is 6.37. The van der Waals surface area contributed by atoms with E-state index >= 15 is 0 Å². The molecule has 0 heterocycles. The number of halogens is 1. The molecule has 0 bridgehead atoms. The number of hydrogen-bond donors (Lipinski definition) is 2. The molecule has 0 fully saturated rings. The van der Waals surface area contributed by atoms with Crippen molar-refractivity contribution in [1.82, 2.24) is 0 Å². The molecule has 3 rings (SSSR count). The van der Waals surface area contributed by atoms with Crippen molar-refractivity contribution in [2.24, 2.45) is 0 Å². The standard InChI is InChI=1S/C16H10ClNO5/c17-14-12(8-4-6-9(7-5-8)18(22)23)16(21)13-10(15(14)20)2-1-3-11(13)19/h1-7,19-21H/p-1. The van der Waals surface area contributed by atoms with E-state index in [1.54, 1.807) is 0 Å².